The van der Waals surface area contributed by atoms with Gasteiger partial charge in [-0.3, -0.25) is 9.20 Å². The quantitative estimate of drug-likeness (QED) is 0.758. The number of halogens is 1. The van der Waals surface area contributed by atoms with E-state index in [0.717, 1.165) is 43.4 Å². The van der Waals surface area contributed by atoms with Gasteiger partial charge in [0.2, 0.25) is 0 Å². The highest BCUT2D eigenvalue weighted by molar-refractivity contribution is 5.90. The summed E-state index contributed by atoms with van der Waals surface area (Å²) in [7, 11) is 0. The third-order valence-corrected chi connectivity index (χ3v) is 6.60. The van der Waals surface area contributed by atoms with Gasteiger partial charge in [-0.1, -0.05) is 13.3 Å². The number of piperidine rings is 1. The van der Waals surface area contributed by atoms with E-state index in [9.17, 15) is 9.59 Å². The number of rotatable bonds is 5. The maximum Gasteiger partial charge on any atom is 0.343 e. The average molecular weight is 416 g/mol. The molecule has 1 saturated carbocycles. The zero-order valence-corrected chi connectivity index (χ0v) is 17.9. The molecule has 2 atom stereocenters. The van der Waals surface area contributed by atoms with Crippen molar-refractivity contribution in [3.63, 3.8) is 0 Å². The molecular formula is C23H30FN3O3. The minimum Gasteiger partial charge on any atom is -0.462 e. The first-order valence-corrected chi connectivity index (χ1v) is 10.9. The number of carbonyl (C=O) groups excluding carboxylic acids is 1. The number of nitrogens with two attached hydrogens (primary N) is 1. The molecule has 0 amide bonds. The van der Waals surface area contributed by atoms with Crippen molar-refractivity contribution in [2.45, 2.75) is 58.4 Å². The second-order valence-electron chi connectivity index (χ2n) is 8.55. The third kappa shape index (κ3) is 3.49. The fraction of sp³-hybridized carbons (Fsp3) is 0.565. The lowest BCUT2D eigenvalue weighted by molar-refractivity contribution is 0.0524. The van der Waals surface area contributed by atoms with Crippen molar-refractivity contribution in [2.24, 2.45) is 11.7 Å². The zero-order valence-electron chi connectivity index (χ0n) is 17.9. The Balaban J connectivity index is 1.88. The molecule has 2 N–H and O–H groups in total. The minimum absolute atomic E-state index is 0.00457. The zero-order chi connectivity index (χ0) is 21.6. The Hall–Kier alpha value is -2.41. The Morgan fingerprint density at radius 3 is 2.63 bits per heavy atom. The maximum absolute atomic E-state index is 15.3. The van der Waals surface area contributed by atoms with Crippen LogP contribution in [-0.4, -0.2) is 36.1 Å². The molecule has 1 aliphatic heterocycles. The maximum atomic E-state index is 15.3. The van der Waals surface area contributed by atoms with Gasteiger partial charge in [0.1, 0.15) is 5.56 Å². The number of fused-ring (bicyclic) bond motifs is 1. The van der Waals surface area contributed by atoms with Gasteiger partial charge in [0, 0.05) is 19.1 Å². The summed E-state index contributed by atoms with van der Waals surface area (Å²) in [5.41, 5.74) is 8.65. The number of aromatic nitrogens is 1. The Labute approximate surface area is 175 Å². The van der Waals surface area contributed by atoms with Crippen LogP contribution in [-0.2, 0) is 4.74 Å². The Morgan fingerprint density at radius 1 is 1.30 bits per heavy atom. The molecule has 1 unspecified atom stereocenters. The number of pyridine rings is 2. The van der Waals surface area contributed by atoms with Crippen LogP contribution in [0.4, 0.5) is 10.1 Å². The minimum atomic E-state index is -0.659. The fourth-order valence-corrected chi connectivity index (χ4v) is 4.83. The van der Waals surface area contributed by atoms with E-state index in [1.54, 1.807) is 13.0 Å². The van der Waals surface area contributed by atoms with Crippen molar-refractivity contribution < 1.29 is 13.9 Å². The van der Waals surface area contributed by atoms with Gasteiger partial charge >= 0.3 is 5.97 Å². The number of esters is 1. The fourth-order valence-electron chi connectivity index (χ4n) is 4.83. The van der Waals surface area contributed by atoms with E-state index in [1.807, 2.05) is 11.8 Å². The van der Waals surface area contributed by atoms with Crippen LogP contribution >= 0.6 is 0 Å². The average Bonchev–Trinajstić information content (AvgIpc) is 3.54. The highest BCUT2D eigenvalue weighted by Gasteiger charge is 2.32. The summed E-state index contributed by atoms with van der Waals surface area (Å²) in [6.07, 6.45) is 5.16. The summed E-state index contributed by atoms with van der Waals surface area (Å²) in [5, 5.41) is 0. The summed E-state index contributed by atoms with van der Waals surface area (Å²) >= 11 is 0. The van der Waals surface area contributed by atoms with Gasteiger partial charge in [0.05, 0.1) is 24.0 Å². The molecule has 2 aliphatic rings. The molecule has 1 saturated heterocycles. The van der Waals surface area contributed by atoms with Crippen LogP contribution in [0.15, 0.2) is 17.1 Å². The number of ether oxygens (including phenoxy) is 1. The van der Waals surface area contributed by atoms with E-state index in [4.69, 9.17) is 10.5 Å². The van der Waals surface area contributed by atoms with Gasteiger partial charge < -0.3 is 15.4 Å². The number of carbonyl (C=O) groups is 1. The molecule has 0 aromatic carbocycles. The predicted octanol–water partition coefficient (Wildman–Crippen LogP) is 3.36. The molecule has 2 fully saturated rings. The van der Waals surface area contributed by atoms with Gasteiger partial charge in [0.25, 0.3) is 5.56 Å². The van der Waals surface area contributed by atoms with Crippen LogP contribution in [0, 0.1) is 18.7 Å². The SMILES string of the molecule is CCOC(=O)c1cc(C2CC2)c2c(C)c(N3CCC(CC)[C@H](N)C3)c(F)cn2c1=O. The van der Waals surface area contributed by atoms with Crippen molar-refractivity contribution in [1.82, 2.24) is 4.40 Å². The van der Waals surface area contributed by atoms with Crippen molar-refractivity contribution in [2.75, 3.05) is 24.6 Å². The summed E-state index contributed by atoms with van der Waals surface area (Å²) in [6, 6.07) is 1.66. The van der Waals surface area contributed by atoms with Crippen molar-refractivity contribution >= 4 is 17.2 Å². The van der Waals surface area contributed by atoms with E-state index in [1.165, 1.54) is 10.6 Å². The molecule has 0 bridgehead atoms. The number of anilines is 1. The van der Waals surface area contributed by atoms with Gasteiger partial charge in [-0.25, -0.2) is 9.18 Å². The first kappa shape index (κ1) is 20.8. The highest BCUT2D eigenvalue weighted by Crippen LogP contribution is 2.44. The first-order chi connectivity index (χ1) is 14.4. The van der Waals surface area contributed by atoms with Gasteiger partial charge in [-0.2, -0.15) is 0 Å². The van der Waals surface area contributed by atoms with Crippen molar-refractivity contribution in [1.29, 1.82) is 0 Å². The molecule has 3 heterocycles. The second kappa shape index (κ2) is 8.02. The van der Waals surface area contributed by atoms with E-state index < -0.39 is 17.3 Å². The summed E-state index contributed by atoms with van der Waals surface area (Å²) < 4.78 is 21.7. The Kier molecular flexibility index (Phi) is 5.57. The lowest BCUT2D eigenvalue weighted by Crippen LogP contribution is -2.49. The van der Waals surface area contributed by atoms with E-state index in [0.29, 0.717) is 23.7 Å². The number of hydrogen-bond acceptors (Lipinski definition) is 5. The topological polar surface area (TPSA) is 77.0 Å². The lowest BCUT2D eigenvalue weighted by Gasteiger charge is -2.38. The second-order valence-corrected chi connectivity index (χ2v) is 8.55. The molecule has 0 radical (unpaired) electrons. The molecule has 1 aliphatic carbocycles. The summed E-state index contributed by atoms with van der Waals surface area (Å²) in [4.78, 5) is 27.4. The van der Waals surface area contributed by atoms with Crippen LogP contribution in [0.2, 0.25) is 0 Å². The predicted molar refractivity (Wildman–Crippen MR) is 115 cm³/mol. The summed E-state index contributed by atoms with van der Waals surface area (Å²) in [6.45, 7) is 7.21. The largest absolute Gasteiger partial charge is 0.462 e. The van der Waals surface area contributed by atoms with Crippen LogP contribution in [0.1, 0.15) is 66.9 Å². The van der Waals surface area contributed by atoms with Crippen LogP contribution in [0.25, 0.3) is 5.52 Å². The Morgan fingerprint density at radius 2 is 2.03 bits per heavy atom. The Bertz CT molecular complexity index is 1040. The standard InChI is InChI=1S/C23H30FN3O3/c1-4-14-8-9-26(12-19(14)25)21-13(3)20-16(15-6-7-15)10-17(23(29)30-5-2)22(28)27(20)11-18(21)24/h10-11,14-15,19H,4-9,12,25H2,1-3H3/t14?,19-/m1/s1. The van der Waals surface area contributed by atoms with E-state index in [-0.39, 0.29) is 24.1 Å². The molecule has 30 heavy (non-hydrogen) atoms. The molecular weight excluding hydrogens is 385 g/mol. The van der Waals surface area contributed by atoms with Gasteiger partial charge in [-0.05, 0) is 62.1 Å². The lowest BCUT2D eigenvalue weighted by atomic mass is 9.89. The molecule has 0 spiro atoms. The highest BCUT2D eigenvalue weighted by atomic mass is 19.1. The first-order valence-electron chi connectivity index (χ1n) is 10.9. The number of aryl methyl sites for hydroxylation is 1. The molecule has 2 aromatic heterocycles. The van der Waals surface area contributed by atoms with E-state index >= 15 is 4.39 Å². The molecule has 6 nitrogen and oxygen atoms in total. The van der Waals surface area contributed by atoms with Crippen molar-refractivity contribution in [3.8, 4) is 0 Å². The molecule has 2 aromatic rings. The number of nitrogens with zero attached hydrogens (tertiary/aromatic N) is 2. The normalized spacial score (nSPS) is 21.8. The summed E-state index contributed by atoms with van der Waals surface area (Å²) in [5.74, 6) is -0.402. The van der Waals surface area contributed by atoms with Crippen LogP contribution < -0.4 is 16.2 Å². The number of hydrogen-bond donors (Lipinski definition) is 1. The van der Waals surface area contributed by atoms with Gasteiger partial charge in [-0.15, -0.1) is 0 Å². The van der Waals surface area contributed by atoms with Crippen LogP contribution in [0.3, 0.4) is 0 Å². The van der Waals surface area contributed by atoms with E-state index in [2.05, 4.69) is 6.92 Å². The molecule has 4 rings (SSSR count). The molecule has 162 valence electrons. The van der Waals surface area contributed by atoms with Gasteiger partial charge in [0.15, 0.2) is 5.82 Å². The monoisotopic (exact) mass is 415 g/mol. The van der Waals surface area contributed by atoms with Crippen molar-refractivity contribution in [3.05, 3.63) is 45.1 Å². The van der Waals surface area contributed by atoms with Crippen LogP contribution in [0.5, 0.6) is 0 Å². The smallest absolute Gasteiger partial charge is 0.343 e. The molecule has 7 heteroatoms. The third-order valence-electron chi connectivity index (χ3n) is 6.60.